The van der Waals surface area contributed by atoms with Gasteiger partial charge < -0.3 is 25.5 Å². The van der Waals surface area contributed by atoms with Crippen molar-refractivity contribution in [2.24, 2.45) is 5.73 Å². The number of rotatable bonds is 12. The zero-order valence-electron chi connectivity index (χ0n) is 18.0. The number of carbonyl (C=O) groups is 3. The molecule has 0 aliphatic carbocycles. The first-order valence-corrected chi connectivity index (χ1v) is 9.50. The number of carbonyl (C=O) groups excluding carboxylic acids is 3. The third-order valence-corrected chi connectivity index (χ3v) is 4.53. The van der Waals surface area contributed by atoms with Crippen LogP contribution in [0.4, 0.5) is 0 Å². The smallest absolute Gasteiger partial charge is 0.245 e. The molecule has 8 nitrogen and oxygen atoms in total. The van der Waals surface area contributed by atoms with Gasteiger partial charge in [-0.15, -0.1) is 0 Å². The molecule has 0 aromatic carbocycles. The fourth-order valence-electron chi connectivity index (χ4n) is 2.94. The molecule has 0 spiro atoms. The molecule has 3 amide bonds. The minimum atomic E-state index is -1.15. The summed E-state index contributed by atoms with van der Waals surface area (Å²) in [5, 5.41) is 10.1. The van der Waals surface area contributed by atoms with Crippen molar-refractivity contribution in [2.75, 3.05) is 34.7 Å². The lowest BCUT2D eigenvalue weighted by Crippen LogP contribution is -2.55. The van der Waals surface area contributed by atoms with Crippen LogP contribution >= 0.6 is 0 Å². The molecular weight excluding hydrogens is 348 g/mol. The lowest BCUT2D eigenvalue weighted by atomic mass is 9.96. The quantitative estimate of drug-likeness (QED) is 0.506. The van der Waals surface area contributed by atoms with Gasteiger partial charge in [0.25, 0.3) is 0 Å². The van der Waals surface area contributed by atoms with E-state index >= 15 is 0 Å². The highest BCUT2D eigenvalue weighted by atomic mass is 16.3. The predicted octanol–water partition coefficient (Wildman–Crippen LogP) is 0.429. The summed E-state index contributed by atoms with van der Waals surface area (Å²) in [4.78, 5) is 42.1. The highest BCUT2D eigenvalue weighted by Crippen LogP contribution is 2.18. The van der Waals surface area contributed by atoms with Crippen LogP contribution in [0.5, 0.6) is 0 Å². The third kappa shape index (κ3) is 9.19. The standard InChI is InChI=1S/C19H38N4O4/c1-8-10-16(24)22(6)14(11-9-12-21(4)5)18(26)23(7)15(17(20)25)13-19(2,3)27/h14-15,27H,8-13H2,1-7H3,(H2,20,25)/t14-,15+/m1/s1. The molecule has 0 radical (unpaired) electrons. The Labute approximate surface area is 163 Å². The topological polar surface area (TPSA) is 107 Å². The van der Waals surface area contributed by atoms with Crippen LogP contribution in [0.15, 0.2) is 0 Å². The van der Waals surface area contributed by atoms with Crippen molar-refractivity contribution < 1.29 is 19.5 Å². The highest BCUT2D eigenvalue weighted by Gasteiger charge is 2.35. The number of aliphatic hydroxyl groups is 1. The lowest BCUT2D eigenvalue weighted by Gasteiger charge is -2.35. The Kier molecular flexibility index (Phi) is 10.5. The van der Waals surface area contributed by atoms with Crippen LogP contribution in [0.2, 0.25) is 0 Å². The number of hydrogen-bond acceptors (Lipinski definition) is 5. The molecule has 158 valence electrons. The van der Waals surface area contributed by atoms with Gasteiger partial charge in [-0.25, -0.2) is 0 Å². The van der Waals surface area contributed by atoms with E-state index in [1.165, 1.54) is 16.8 Å². The summed E-state index contributed by atoms with van der Waals surface area (Å²) in [5.74, 6) is -1.12. The van der Waals surface area contributed by atoms with E-state index in [-0.39, 0.29) is 18.2 Å². The second-order valence-electron chi connectivity index (χ2n) is 8.10. The third-order valence-electron chi connectivity index (χ3n) is 4.53. The van der Waals surface area contributed by atoms with E-state index in [9.17, 15) is 19.5 Å². The summed E-state index contributed by atoms with van der Waals surface area (Å²) < 4.78 is 0. The Bertz CT molecular complexity index is 502. The van der Waals surface area contributed by atoms with Gasteiger partial charge in [0.1, 0.15) is 12.1 Å². The van der Waals surface area contributed by atoms with E-state index < -0.39 is 23.6 Å². The molecule has 0 unspecified atom stereocenters. The van der Waals surface area contributed by atoms with Crippen molar-refractivity contribution in [3.63, 3.8) is 0 Å². The fourth-order valence-corrected chi connectivity index (χ4v) is 2.94. The number of nitrogens with zero attached hydrogens (tertiary/aromatic N) is 3. The van der Waals surface area contributed by atoms with Crippen LogP contribution in [-0.2, 0) is 14.4 Å². The average Bonchev–Trinajstić information content (AvgIpc) is 2.53. The predicted molar refractivity (Wildman–Crippen MR) is 106 cm³/mol. The zero-order valence-corrected chi connectivity index (χ0v) is 18.0. The van der Waals surface area contributed by atoms with Gasteiger partial charge in [-0.05, 0) is 53.8 Å². The van der Waals surface area contributed by atoms with Crippen LogP contribution in [0.25, 0.3) is 0 Å². The second-order valence-corrected chi connectivity index (χ2v) is 8.10. The molecule has 0 heterocycles. The molecule has 8 heteroatoms. The fraction of sp³-hybridized carbons (Fsp3) is 0.842. The molecule has 0 saturated heterocycles. The lowest BCUT2D eigenvalue weighted by molar-refractivity contribution is -0.148. The number of likely N-dealkylation sites (N-methyl/N-ethyl adjacent to an activating group) is 2. The molecule has 0 aliphatic heterocycles. The van der Waals surface area contributed by atoms with E-state index in [0.717, 1.165) is 13.0 Å². The van der Waals surface area contributed by atoms with E-state index in [1.54, 1.807) is 20.9 Å². The van der Waals surface area contributed by atoms with Gasteiger partial charge in [0.15, 0.2) is 0 Å². The maximum atomic E-state index is 13.1. The summed E-state index contributed by atoms with van der Waals surface area (Å²) in [5.41, 5.74) is 4.32. The van der Waals surface area contributed by atoms with Gasteiger partial charge in [-0.1, -0.05) is 6.92 Å². The molecule has 27 heavy (non-hydrogen) atoms. The maximum absolute atomic E-state index is 13.1. The minimum Gasteiger partial charge on any atom is -0.390 e. The van der Waals surface area contributed by atoms with Crippen LogP contribution in [0, 0.1) is 0 Å². The van der Waals surface area contributed by atoms with Gasteiger partial charge in [-0.3, -0.25) is 14.4 Å². The molecular formula is C19H38N4O4. The summed E-state index contributed by atoms with van der Waals surface area (Å²) in [6.45, 7) is 5.82. The van der Waals surface area contributed by atoms with Gasteiger partial charge in [0.05, 0.1) is 5.60 Å². The molecule has 0 bridgehead atoms. The molecule has 0 aromatic heterocycles. The number of nitrogens with two attached hydrogens (primary N) is 1. The van der Waals surface area contributed by atoms with Crippen LogP contribution in [-0.4, -0.2) is 89.9 Å². The molecule has 0 aromatic rings. The van der Waals surface area contributed by atoms with E-state index in [2.05, 4.69) is 0 Å². The van der Waals surface area contributed by atoms with Crippen molar-refractivity contribution in [1.82, 2.24) is 14.7 Å². The summed E-state index contributed by atoms with van der Waals surface area (Å²) >= 11 is 0. The minimum absolute atomic E-state index is 0.0294. The first kappa shape index (κ1) is 25.3. The largest absolute Gasteiger partial charge is 0.390 e. The van der Waals surface area contributed by atoms with Crippen molar-refractivity contribution in [3.05, 3.63) is 0 Å². The summed E-state index contributed by atoms with van der Waals surface area (Å²) in [7, 11) is 7.02. The van der Waals surface area contributed by atoms with Gasteiger partial charge >= 0.3 is 0 Å². The Hall–Kier alpha value is -1.67. The SMILES string of the molecule is CCCC(=O)N(C)[C@H](CCCN(C)C)C(=O)N(C)[C@@H](CC(C)(C)O)C(N)=O. The zero-order chi connectivity index (χ0) is 21.4. The van der Waals surface area contributed by atoms with Crippen molar-refractivity contribution in [2.45, 2.75) is 70.6 Å². The monoisotopic (exact) mass is 386 g/mol. The van der Waals surface area contributed by atoms with E-state index in [1.807, 2.05) is 25.9 Å². The Morgan fingerprint density at radius 1 is 1.04 bits per heavy atom. The number of hydrogen-bond donors (Lipinski definition) is 2. The second kappa shape index (κ2) is 11.2. The van der Waals surface area contributed by atoms with Gasteiger partial charge in [-0.2, -0.15) is 0 Å². The van der Waals surface area contributed by atoms with E-state index in [4.69, 9.17) is 5.73 Å². The molecule has 0 fully saturated rings. The first-order chi connectivity index (χ1) is 12.3. The van der Waals surface area contributed by atoms with Crippen molar-refractivity contribution >= 4 is 17.7 Å². The Morgan fingerprint density at radius 2 is 1.59 bits per heavy atom. The number of primary amides is 1. The molecule has 0 rings (SSSR count). The Morgan fingerprint density at radius 3 is 2.00 bits per heavy atom. The van der Waals surface area contributed by atoms with Gasteiger partial charge in [0.2, 0.25) is 17.7 Å². The Balaban J connectivity index is 5.48. The maximum Gasteiger partial charge on any atom is 0.245 e. The molecule has 0 saturated carbocycles. The molecule has 2 atom stereocenters. The molecule has 3 N–H and O–H groups in total. The summed E-state index contributed by atoms with van der Waals surface area (Å²) in [6, 6.07) is -1.61. The molecule has 0 aliphatic rings. The first-order valence-electron chi connectivity index (χ1n) is 9.50. The summed E-state index contributed by atoms with van der Waals surface area (Å²) in [6.07, 6.45) is 2.30. The highest BCUT2D eigenvalue weighted by molar-refractivity contribution is 5.91. The van der Waals surface area contributed by atoms with Gasteiger partial charge in [0, 0.05) is 26.9 Å². The van der Waals surface area contributed by atoms with Crippen LogP contribution in [0.3, 0.4) is 0 Å². The average molecular weight is 387 g/mol. The van der Waals surface area contributed by atoms with Crippen LogP contribution < -0.4 is 5.73 Å². The number of amides is 3. The van der Waals surface area contributed by atoms with Crippen molar-refractivity contribution in [3.8, 4) is 0 Å². The normalized spacial score (nSPS) is 14.0. The van der Waals surface area contributed by atoms with E-state index in [0.29, 0.717) is 19.3 Å². The van der Waals surface area contributed by atoms with Crippen LogP contribution in [0.1, 0.15) is 52.9 Å². The van der Waals surface area contributed by atoms with Crippen molar-refractivity contribution in [1.29, 1.82) is 0 Å².